The van der Waals surface area contributed by atoms with E-state index in [1.807, 2.05) is 28.2 Å². The van der Waals surface area contributed by atoms with Crippen LogP contribution in [0.5, 0.6) is 0 Å². The van der Waals surface area contributed by atoms with Crippen molar-refractivity contribution in [1.82, 2.24) is 14.8 Å². The molecule has 1 spiro atoms. The highest BCUT2D eigenvalue weighted by Crippen LogP contribution is 2.40. The maximum Gasteiger partial charge on any atom is 0.232 e. The Morgan fingerprint density at radius 1 is 1.23 bits per heavy atom. The van der Waals surface area contributed by atoms with Gasteiger partial charge in [-0.05, 0) is 48.6 Å². The third kappa shape index (κ3) is 4.57. The summed E-state index contributed by atoms with van der Waals surface area (Å²) in [5, 5.41) is 10.4. The predicted octanol–water partition coefficient (Wildman–Crippen LogP) is 1.19. The molecule has 1 unspecified atom stereocenters. The minimum Gasteiger partial charge on any atom is -0.391 e. The first kappa shape index (κ1) is 19.2. The molecule has 2 amide bonds. The summed E-state index contributed by atoms with van der Waals surface area (Å²) in [7, 11) is 0. The number of aliphatic hydroxyl groups is 1. The number of aliphatic hydroxyl groups excluding tert-OH is 1. The molecule has 0 aromatic carbocycles. The molecule has 142 valence electrons. The monoisotopic (exact) mass is 377 g/mol. The topological polar surface area (TPSA) is 73.7 Å². The number of nitrogens with zero attached hydrogens (tertiary/aromatic N) is 3. The lowest BCUT2D eigenvalue weighted by Gasteiger charge is -2.49. The van der Waals surface area contributed by atoms with Crippen LogP contribution in [-0.4, -0.2) is 76.0 Å². The Balaban J connectivity index is 1.61. The number of likely N-dealkylation sites (tertiary alicyclic amines) is 2. The molecule has 0 bridgehead atoms. The van der Waals surface area contributed by atoms with Crippen molar-refractivity contribution in [2.24, 2.45) is 5.41 Å². The van der Waals surface area contributed by atoms with Gasteiger partial charge >= 0.3 is 0 Å². The third-order valence-electron chi connectivity index (χ3n) is 5.53. The van der Waals surface area contributed by atoms with E-state index in [2.05, 4.69) is 4.98 Å². The number of amides is 2. The number of carbonyl (C=O) groups is 2. The molecule has 3 heterocycles. The van der Waals surface area contributed by atoms with Crippen molar-refractivity contribution in [3.05, 3.63) is 30.1 Å². The summed E-state index contributed by atoms with van der Waals surface area (Å²) < 4.78 is 0. The molecule has 7 heteroatoms. The van der Waals surface area contributed by atoms with E-state index in [4.69, 9.17) is 0 Å². The van der Waals surface area contributed by atoms with Crippen molar-refractivity contribution >= 4 is 23.6 Å². The molecule has 3 rings (SSSR count). The third-order valence-corrected chi connectivity index (χ3v) is 6.06. The molecule has 1 aromatic heterocycles. The van der Waals surface area contributed by atoms with Crippen LogP contribution in [0, 0.1) is 5.41 Å². The van der Waals surface area contributed by atoms with Gasteiger partial charge in [0.25, 0.3) is 0 Å². The molecule has 2 saturated heterocycles. The average molecular weight is 378 g/mol. The van der Waals surface area contributed by atoms with Crippen LogP contribution in [0.4, 0.5) is 0 Å². The highest BCUT2D eigenvalue weighted by atomic mass is 32.2. The quantitative estimate of drug-likeness (QED) is 0.853. The Hall–Kier alpha value is -1.60. The Bertz CT molecular complexity index is 632. The van der Waals surface area contributed by atoms with Gasteiger partial charge in [0.05, 0.1) is 18.3 Å². The molecular weight excluding hydrogens is 350 g/mol. The highest BCUT2D eigenvalue weighted by molar-refractivity contribution is 7.99. The van der Waals surface area contributed by atoms with Crippen LogP contribution < -0.4 is 0 Å². The molecular formula is C19H27N3O3S. The van der Waals surface area contributed by atoms with Gasteiger partial charge in [0, 0.05) is 38.6 Å². The number of thioether (sulfide) groups is 1. The average Bonchev–Trinajstić information content (AvgIpc) is 2.62. The van der Waals surface area contributed by atoms with Gasteiger partial charge in [-0.1, -0.05) is 0 Å². The van der Waals surface area contributed by atoms with Gasteiger partial charge in [-0.2, -0.15) is 11.8 Å². The number of β-amino-alcohol motifs (C(OH)–C–C–N with tert-alkyl or cyclic N) is 1. The number of hydrogen-bond donors (Lipinski definition) is 1. The van der Waals surface area contributed by atoms with E-state index < -0.39 is 6.10 Å². The maximum atomic E-state index is 12.7. The minimum atomic E-state index is -0.487. The molecule has 26 heavy (non-hydrogen) atoms. The molecule has 6 nitrogen and oxygen atoms in total. The fraction of sp³-hybridized carbons (Fsp3) is 0.632. The smallest absolute Gasteiger partial charge is 0.232 e. The van der Waals surface area contributed by atoms with Crippen LogP contribution in [-0.2, 0) is 16.0 Å². The predicted molar refractivity (Wildman–Crippen MR) is 102 cm³/mol. The van der Waals surface area contributed by atoms with Gasteiger partial charge in [-0.3, -0.25) is 14.6 Å². The molecule has 0 radical (unpaired) electrons. The normalized spacial score (nSPS) is 22.5. The SMILES string of the molecule is CSCC(=O)N1CCC2(CC1)CC(O)CN(C(=O)Cc1ccncc1)C2. The molecule has 2 fully saturated rings. The summed E-state index contributed by atoms with van der Waals surface area (Å²) in [4.78, 5) is 32.5. The summed E-state index contributed by atoms with van der Waals surface area (Å²) in [5.74, 6) is 0.760. The first-order valence-electron chi connectivity index (χ1n) is 9.13. The van der Waals surface area contributed by atoms with Crippen LogP contribution in [0.2, 0.25) is 0 Å². The first-order chi connectivity index (χ1) is 12.5. The number of aromatic nitrogens is 1. The van der Waals surface area contributed by atoms with E-state index in [0.29, 0.717) is 25.3 Å². The molecule has 1 atom stereocenters. The second kappa shape index (κ2) is 8.39. The number of carbonyl (C=O) groups excluding carboxylic acids is 2. The molecule has 0 saturated carbocycles. The molecule has 2 aliphatic heterocycles. The molecule has 2 aliphatic rings. The van der Waals surface area contributed by atoms with Crippen LogP contribution in [0.25, 0.3) is 0 Å². The fourth-order valence-corrected chi connectivity index (χ4v) is 4.57. The lowest BCUT2D eigenvalue weighted by atomic mass is 9.71. The van der Waals surface area contributed by atoms with E-state index in [1.165, 1.54) is 0 Å². The van der Waals surface area contributed by atoms with Crippen LogP contribution in [0.3, 0.4) is 0 Å². The Labute approximate surface area is 159 Å². The fourth-order valence-electron chi connectivity index (χ4n) is 4.14. The second-order valence-corrected chi connectivity index (χ2v) is 8.34. The number of rotatable bonds is 4. The van der Waals surface area contributed by atoms with Crippen LogP contribution in [0.15, 0.2) is 24.5 Å². The lowest BCUT2D eigenvalue weighted by Crippen LogP contribution is -2.56. The number of pyridine rings is 1. The van der Waals surface area contributed by atoms with Crippen LogP contribution >= 0.6 is 11.8 Å². The summed E-state index contributed by atoms with van der Waals surface area (Å²) in [5.41, 5.74) is 0.874. The first-order valence-corrected chi connectivity index (χ1v) is 10.5. The summed E-state index contributed by atoms with van der Waals surface area (Å²) in [6, 6.07) is 3.70. The largest absolute Gasteiger partial charge is 0.391 e. The minimum absolute atomic E-state index is 0.0511. The zero-order chi connectivity index (χ0) is 18.6. The van der Waals surface area contributed by atoms with Crippen molar-refractivity contribution in [2.45, 2.75) is 31.8 Å². The van der Waals surface area contributed by atoms with E-state index in [-0.39, 0.29) is 17.2 Å². The second-order valence-electron chi connectivity index (χ2n) is 7.48. The number of piperidine rings is 2. The van der Waals surface area contributed by atoms with Gasteiger partial charge < -0.3 is 14.9 Å². The van der Waals surface area contributed by atoms with Crippen LogP contribution in [0.1, 0.15) is 24.8 Å². The Morgan fingerprint density at radius 2 is 1.92 bits per heavy atom. The standard InChI is InChI=1S/C19H27N3O3S/c1-26-13-18(25)21-8-4-19(5-9-21)11-16(23)12-22(14-19)17(24)10-15-2-6-20-7-3-15/h2-3,6-7,16,23H,4-5,8-14H2,1H3. The van der Waals surface area contributed by atoms with Gasteiger partial charge in [-0.15, -0.1) is 0 Å². The summed E-state index contributed by atoms with van der Waals surface area (Å²) >= 11 is 1.55. The van der Waals surface area contributed by atoms with Crippen molar-refractivity contribution in [2.75, 3.05) is 38.2 Å². The number of hydrogen-bond acceptors (Lipinski definition) is 5. The zero-order valence-corrected chi connectivity index (χ0v) is 16.1. The zero-order valence-electron chi connectivity index (χ0n) is 15.3. The maximum absolute atomic E-state index is 12.7. The van der Waals surface area contributed by atoms with Gasteiger partial charge in [-0.25, -0.2) is 0 Å². The molecule has 1 N–H and O–H groups in total. The van der Waals surface area contributed by atoms with Crippen molar-refractivity contribution in [1.29, 1.82) is 0 Å². The molecule has 0 aliphatic carbocycles. The van der Waals surface area contributed by atoms with E-state index in [9.17, 15) is 14.7 Å². The Morgan fingerprint density at radius 3 is 2.58 bits per heavy atom. The van der Waals surface area contributed by atoms with Gasteiger partial charge in [0.2, 0.25) is 11.8 Å². The lowest BCUT2D eigenvalue weighted by molar-refractivity contribution is -0.142. The van der Waals surface area contributed by atoms with Crippen molar-refractivity contribution in [3.8, 4) is 0 Å². The van der Waals surface area contributed by atoms with Crippen molar-refractivity contribution in [3.63, 3.8) is 0 Å². The van der Waals surface area contributed by atoms with E-state index >= 15 is 0 Å². The highest BCUT2D eigenvalue weighted by Gasteiger charge is 2.43. The Kier molecular flexibility index (Phi) is 6.19. The molecule has 1 aromatic rings. The van der Waals surface area contributed by atoms with Gasteiger partial charge in [0.1, 0.15) is 0 Å². The van der Waals surface area contributed by atoms with Crippen molar-refractivity contribution < 1.29 is 14.7 Å². The van der Waals surface area contributed by atoms with E-state index in [0.717, 1.165) is 37.9 Å². The summed E-state index contributed by atoms with van der Waals surface area (Å²) in [6.07, 6.45) is 7.59. The summed E-state index contributed by atoms with van der Waals surface area (Å²) in [6.45, 7) is 2.52. The van der Waals surface area contributed by atoms with Gasteiger partial charge in [0.15, 0.2) is 0 Å². The van der Waals surface area contributed by atoms with E-state index in [1.54, 1.807) is 24.2 Å².